The van der Waals surface area contributed by atoms with Crippen LogP contribution in [0.25, 0.3) is 11.1 Å². The van der Waals surface area contributed by atoms with Crippen LogP contribution in [-0.4, -0.2) is 39.6 Å². The Morgan fingerprint density at radius 2 is 0.480 bits per heavy atom. The Morgan fingerprint density at radius 3 is 0.707 bits per heavy atom. The number of hydrogen-bond acceptors (Lipinski definition) is 4. The van der Waals surface area contributed by atoms with E-state index in [0.717, 1.165) is 24.7 Å². The highest BCUT2D eigenvalue weighted by molar-refractivity contribution is 5.64. The third-order valence-corrected chi connectivity index (χ3v) is 12.7. The average molecular weight is 1040 g/mol. The van der Waals surface area contributed by atoms with Crippen LogP contribution in [0.2, 0.25) is 0 Å². The highest BCUT2D eigenvalue weighted by Crippen LogP contribution is 2.31. The predicted molar refractivity (Wildman–Crippen MR) is 331 cm³/mol. The van der Waals surface area contributed by atoms with Gasteiger partial charge in [-0.25, -0.2) is 0 Å². The molecule has 0 bridgehead atoms. The van der Waals surface area contributed by atoms with Gasteiger partial charge >= 0.3 is 0 Å². The van der Waals surface area contributed by atoms with E-state index in [4.69, 9.17) is 18.9 Å². The van der Waals surface area contributed by atoms with Gasteiger partial charge in [-0.05, 0) is 114 Å². The van der Waals surface area contributed by atoms with Gasteiger partial charge in [0.25, 0.3) is 0 Å². The highest BCUT2D eigenvalue weighted by Gasteiger charge is 2.18. The van der Waals surface area contributed by atoms with Crippen LogP contribution < -0.4 is 4.74 Å². The van der Waals surface area contributed by atoms with Crippen molar-refractivity contribution in [2.75, 3.05) is 39.6 Å². The summed E-state index contributed by atoms with van der Waals surface area (Å²) in [5.74, 6) is 1.76. The molecule has 0 unspecified atom stereocenters. The van der Waals surface area contributed by atoms with Crippen LogP contribution >= 0.6 is 0 Å². The van der Waals surface area contributed by atoms with Gasteiger partial charge in [0, 0.05) is 0 Å². The number of hydrogen-bond donors (Lipinski definition) is 0. The Kier molecular flexibility index (Phi) is 29.5. The Hall–Kier alpha value is -3.44. The SMILES string of the molecule is CC(C)(C)CCCCCCCCCC(C)(C)C.CC(C)(C)COCCOCCOCC(C)(C)C.CC(C)(C)c1ccc(-c2ccc(C(C)(C)C)cc2)cc1.CC(C)(C)c1ccc(Oc2ccc(C(C)(C)C)cc2)cc1. The Balaban J connectivity index is 0.000000503. The standard InChI is InChI=1S/C20H26O.C20H26.C17H36.C14H30O3/c1-19(2,3)15-7-11-17(12-8-15)21-18-13-9-16(10-14-18)20(4,5)6;1-19(2,3)17-11-7-15(8-12-17)16-9-13-18(14-10-16)20(4,5)6;1-16(2,3)14-12-10-8-7-9-11-13-15-17(4,5)6;1-13(2,3)11-16-9-7-15-8-10-17-12-14(4,5)6/h7-14H,1-6H3;7-14H,1-6H3;7-15H2,1-6H3;7-12H2,1-6H3. The van der Waals surface area contributed by atoms with E-state index < -0.39 is 0 Å². The maximum atomic E-state index is 5.91. The molecule has 0 aliphatic heterocycles. The molecule has 0 N–H and O–H groups in total. The molecule has 4 aromatic rings. The van der Waals surface area contributed by atoms with E-state index in [-0.39, 0.29) is 32.5 Å². The summed E-state index contributed by atoms with van der Waals surface area (Å²) >= 11 is 0. The lowest BCUT2D eigenvalue weighted by molar-refractivity contribution is -0.0107. The van der Waals surface area contributed by atoms with E-state index in [2.05, 4.69) is 239 Å². The van der Waals surface area contributed by atoms with Crippen molar-refractivity contribution in [3.8, 4) is 22.6 Å². The summed E-state index contributed by atoms with van der Waals surface area (Å²) in [6.07, 6.45) is 12.9. The van der Waals surface area contributed by atoms with E-state index in [9.17, 15) is 0 Å². The predicted octanol–water partition coefficient (Wildman–Crippen LogP) is 21.7. The van der Waals surface area contributed by atoms with Crippen LogP contribution in [0.4, 0.5) is 0 Å². The van der Waals surface area contributed by atoms with Crippen LogP contribution in [0.15, 0.2) is 97.1 Å². The average Bonchev–Trinajstić information content (AvgIpc) is 3.26. The maximum absolute atomic E-state index is 5.91. The summed E-state index contributed by atoms with van der Waals surface area (Å²) in [4.78, 5) is 0. The molecule has 4 aromatic carbocycles. The molecule has 0 atom stereocenters. The summed E-state index contributed by atoms with van der Waals surface area (Å²) in [7, 11) is 0. The van der Waals surface area contributed by atoms with E-state index in [1.807, 2.05) is 24.3 Å². The normalized spacial score (nSPS) is 12.7. The van der Waals surface area contributed by atoms with E-state index in [0.29, 0.717) is 37.3 Å². The zero-order valence-electron chi connectivity index (χ0n) is 53.5. The second-order valence-corrected chi connectivity index (χ2v) is 30.2. The summed E-state index contributed by atoms with van der Waals surface area (Å²) in [6.45, 7) is 58.0. The molecule has 0 aromatic heterocycles. The molecular weight excluding hydrogens is 917 g/mol. The van der Waals surface area contributed by atoms with Crippen LogP contribution in [-0.2, 0) is 35.9 Å². The monoisotopic (exact) mass is 1030 g/mol. The van der Waals surface area contributed by atoms with Gasteiger partial charge < -0.3 is 18.9 Å². The van der Waals surface area contributed by atoms with Crippen molar-refractivity contribution in [3.05, 3.63) is 119 Å². The van der Waals surface area contributed by atoms with E-state index in [1.165, 1.54) is 91.2 Å². The fourth-order valence-corrected chi connectivity index (χ4v) is 7.80. The molecule has 0 saturated carbocycles. The topological polar surface area (TPSA) is 36.9 Å². The lowest BCUT2D eigenvalue weighted by atomic mass is 9.85. The molecule has 0 aliphatic carbocycles. The fourth-order valence-electron chi connectivity index (χ4n) is 7.80. The molecule has 4 heteroatoms. The molecule has 0 aliphatic rings. The van der Waals surface area contributed by atoms with Gasteiger partial charge in [0.05, 0.1) is 39.6 Å². The summed E-state index contributed by atoms with van der Waals surface area (Å²) in [5.41, 5.74) is 10.3. The first-order chi connectivity index (χ1) is 34.3. The van der Waals surface area contributed by atoms with Crippen molar-refractivity contribution in [2.45, 2.75) is 246 Å². The first kappa shape index (κ1) is 69.6. The Labute approximate surface area is 465 Å². The van der Waals surface area contributed by atoms with Crippen molar-refractivity contribution < 1.29 is 18.9 Å². The summed E-state index contributed by atoms with van der Waals surface area (Å²) < 4.78 is 22.3. The van der Waals surface area contributed by atoms with Gasteiger partial charge in [0.15, 0.2) is 0 Å². The van der Waals surface area contributed by atoms with Gasteiger partial charge in [0.2, 0.25) is 0 Å². The first-order valence-electron chi connectivity index (χ1n) is 29.1. The third kappa shape index (κ3) is 35.6. The lowest BCUT2D eigenvalue weighted by Gasteiger charge is -2.20. The molecule has 0 spiro atoms. The quantitative estimate of drug-likeness (QED) is 0.0877. The minimum atomic E-state index is 0.173. The van der Waals surface area contributed by atoms with Crippen molar-refractivity contribution in [1.29, 1.82) is 0 Å². The Morgan fingerprint density at radius 1 is 0.253 bits per heavy atom. The van der Waals surface area contributed by atoms with Crippen molar-refractivity contribution in [3.63, 3.8) is 0 Å². The first-order valence-corrected chi connectivity index (χ1v) is 29.1. The number of rotatable bonds is 19. The summed E-state index contributed by atoms with van der Waals surface area (Å²) in [5, 5.41) is 0. The van der Waals surface area contributed by atoms with Gasteiger partial charge in [-0.3, -0.25) is 0 Å². The Bertz CT molecular complexity index is 1860. The third-order valence-electron chi connectivity index (χ3n) is 12.7. The molecule has 4 nitrogen and oxygen atoms in total. The molecule has 0 amide bonds. The van der Waals surface area contributed by atoms with Gasteiger partial charge in [-0.2, -0.15) is 0 Å². The molecule has 0 saturated heterocycles. The molecule has 75 heavy (non-hydrogen) atoms. The van der Waals surface area contributed by atoms with Crippen molar-refractivity contribution in [1.82, 2.24) is 0 Å². The molecule has 0 radical (unpaired) electrons. The highest BCUT2D eigenvalue weighted by atomic mass is 16.5. The van der Waals surface area contributed by atoms with Gasteiger partial charge in [-0.15, -0.1) is 0 Å². The van der Waals surface area contributed by atoms with Gasteiger partial charge in [-0.1, -0.05) is 284 Å². The van der Waals surface area contributed by atoms with Crippen molar-refractivity contribution in [2.24, 2.45) is 21.7 Å². The van der Waals surface area contributed by atoms with Crippen LogP contribution in [0.3, 0.4) is 0 Å². The maximum Gasteiger partial charge on any atom is 0.127 e. The van der Waals surface area contributed by atoms with Crippen LogP contribution in [0.5, 0.6) is 11.5 Å². The zero-order chi connectivity index (χ0) is 57.4. The van der Waals surface area contributed by atoms with E-state index >= 15 is 0 Å². The minimum Gasteiger partial charge on any atom is -0.457 e. The second-order valence-electron chi connectivity index (χ2n) is 30.2. The number of benzene rings is 4. The molecule has 426 valence electrons. The molecule has 0 fully saturated rings. The zero-order valence-corrected chi connectivity index (χ0v) is 53.5. The van der Waals surface area contributed by atoms with Crippen LogP contribution in [0, 0.1) is 21.7 Å². The molecular formula is C71H118O4. The van der Waals surface area contributed by atoms with Crippen molar-refractivity contribution >= 4 is 0 Å². The number of unbranched alkanes of at least 4 members (excludes halogenated alkanes) is 6. The van der Waals surface area contributed by atoms with E-state index in [1.54, 1.807) is 0 Å². The second kappa shape index (κ2) is 31.8. The minimum absolute atomic E-state index is 0.173. The van der Waals surface area contributed by atoms with Gasteiger partial charge in [0.1, 0.15) is 11.5 Å². The largest absolute Gasteiger partial charge is 0.457 e. The number of ether oxygens (including phenoxy) is 4. The lowest BCUT2D eigenvalue weighted by Crippen LogP contribution is -2.19. The molecule has 0 heterocycles. The molecule has 4 rings (SSSR count). The summed E-state index contributed by atoms with van der Waals surface area (Å²) in [6, 6.07) is 34.6. The van der Waals surface area contributed by atoms with Crippen LogP contribution in [0.1, 0.15) is 246 Å². The fraction of sp³-hybridized carbons (Fsp3) is 0.662. The smallest absolute Gasteiger partial charge is 0.127 e.